The molecule has 1 aromatic carbocycles. The lowest BCUT2D eigenvalue weighted by Crippen LogP contribution is -2.11. The molecule has 7 heteroatoms. The molecule has 0 fully saturated rings. The molecule has 0 aliphatic carbocycles. The number of carboxylic acid groups (broad SMARTS) is 1. The quantitative estimate of drug-likeness (QED) is 0.787. The fourth-order valence-corrected chi connectivity index (χ4v) is 1.88. The molecule has 2 rings (SSSR count). The number of hydrogen-bond acceptors (Lipinski definition) is 4. The minimum Gasteiger partial charge on any atom is -0.478 e. The molecular formula is C14H13F2N3O2. The van der Waals surface area contributed by atoms with E-state index in [2.05, 4.69) is 10.3 Å². The molecule has 21 heavy (non-hydrogen) atoms. The average Bonchev–Trinajstić information content (AvgIpc) is 2.39. The molecule has 0 aliphatic rings. The van der Waals surface area contributed by atoms with Crippen LogP contribution in [-0.4, -0.2) is 22.6 Å². The third-order valence-electron chi connectivity index (χ3n) is 2.85. The predicted octanol–water partition coefficient (Wildman–Crippen LogP) is 2.29. The molecule has 0 radical (unpaired) electrons. The van der Waals surface area contributed by atoms with Crippen LogP contribution in [0.3, 0.4) is 0 Å². The molecular weight excluding hydrogens is 280 g/mol. The van der Waals surface area contributed by atoms with Crippen molar-refractivity contribution in [1.82, 2.24) is 4.98 Å². The summed E-state index contributed by atoms with van der Waals surface area (Å²) >= 11 is 0. The first kappa shape index (κ1) is 14.7. The first-order chi connectivity index (χ1) is 9.97. The van der Waals surface area contributed by atoms with E-state index in [-0.39, 0.29) is 17.1 Å². The number of benzene rings is 1. The number of nitrogens with two attached hydrogens (primary N) is 1. The number of nitrogens with zero attached hydrogens (tertiary/aromatic N) is 1. The van der Waals surface area contributed by atoms with E-state index < -0.39 is 17.6 Å². The minimum absolute atomic E-state index is 0.0235. The van der Waals surface area contributed by atoms with Gasteiger partial charge in [0.05, 0.1) is 11.3 Å². The maximum atomic E-state index is 13.0. The molecule has 1 aromatic heterocycles. The van der Waals surface area contributed by atoms with Crippen LogP contribution in [0.2, 0.25) is 0 Å². The van der Waals surface area contributed by atoms with Crippen LogP contribution in [0.1, 0.15) is 15.9 Å². The van der Waals surface area contributed by atoms with Gasteiger partial charge in [-0.2, -0.15) is 0 Å². The third-order valence-corrected chi connectivity index (χ3v) is 2.85. The zero-order valence-corrected chi connectivity index (χ0v) is 10.9. The van der Waals surface area contributed by atoms with Crippen LogP contribution < -0.4 is 11.1 Å². The number of hydrogen-bond donors (Lipinski definition) is 3. The number of aromatic nitrogens is 1. The van der Waals surface area contributed by atoms with Crippen LogP contribution in [0.4, 0.5) is 20.3 Å². The van der Waals surface area contributed by atoms with Gasteiger partial charge in [0, 0.05) is 18.8 Å². The van der Waals surface area contributed by atoms with Crippen molar-refractivity contribution in [3.05, 3.63) is 53.2 Å². The number of rotatable bonds is 5. The average molecular weight is 293 g/mol. The van der Waals surface area contributed by atoms with Gasteiger partial charge in [-0.25, -0.2) is 18.6 Å². The Morgan fingerprint density at radius 1 is 1.29 bits per heavy atom. The number of anilines is 2. The summed E-state index contributed by atoms with van der Waals surface area (Å²) in [4.78, 5) is 14.9. The van der Waals surface area contributed by atoms with E-state index >= 15 is 0 Å². The molecule has 0 atom stereocenters. The molecule has 2 aromatic rings. The summed E-state index contributed by atoms with van der Waals surface area (Å²) in [7, 11) is 0. The summed E-state index contributed by atoms with van der Waals surface area (Å²) in [5.74, 6) is -2.21. The molecule has 1 heterocycles. The number of pyridine rings is 1. The minimum atomic E-state index is -1.15. The highest BCUT2D eigenvalue weighted by molar-refractivity contribution is 5.96. The van der Waals surface area contributed by atoms with Gasteiger partial charge in [-0.3, -0.25) is 0 Å². The van der Waals surface area contributed by atoms with Gasteiger partial charge in [0.2, 0.25) is 0 Å². The van der Waals surface area contributed by atoms with Crippen molar-refractivity contribution in [2.75, 3.05) is 17.6 Å². The van der Waals surface area contributed by atoms with Crippen LogP contribution in [0.25, 0.3) is 0 Å². The van der Waals surface area contributed by atoms with Crippen LogP contribution in [0.5, 0.6) is 0 Å². The molecule has 0 amide bonds. The van der Waals surface area contributed by atoms with Gasteiger partial charge in [0.25, 0.3) is 0 Å². The Hall–Kier alpha value is -2.70. The van der Waals surface area contributed by atoms with Crippen molar-refractivity contribution in [3.8, 4) is 0 Å². The van der Waals surface area contributed by atoms with Crippen LogP contribution >= 0.6 is 0 Å². The van der Waals surface area contributed by atoms with Crippen LogP contribution in [0, 0.1) is 11.6 Å². The maximum Gasteiger partial charge on any atom is 0.337 e. The molecule has 4 N–H and O–H groups in total. The van der Waals surface area contributed by atoms with Crippen molar-refractivity contribution in [3.63, 3.8) is 0 Å². The van der Waals surface area contributed by atoms with Gasteiger partial charge in [0.1, 0.15) is 17.5 Å². The normalized spacial score (nSPS) is 10.4. The number of nitrogens with one attached hydrogen (secondary N) is 1. The van der Waals surface area contributed by atoms with Gasteiger partial charge in [-0.1, -0.05) is 0 Å². The van der Waals surface area contributed by atoms with Gasteiger partial charge < -0.3 is 16.2 Å². The van der Waals surface area contributed by atoms with Crippen LogP contribution in [0.15, 0.2) is 30.5 Å². The Bertz CT molecular complexity index is 657. The highest BCUT2D eigenvalue weighted by atomic mass is 19.1. The smallest absolute Gasteiger partial charge is 0.337 e. The van der Waals surface area contributed by atoms with Gasteiger partial charge in [0.15, 0.2) is 0 Å². The lowest BCUT2D eigenvalue weighted by Gasteiger charge is -2.10. The van der Waals surface area contributed by atoms with E-state index in [0.29, 0.717) is 18.5 Å². The van der Waals surface area contributed by atoms with Gasteiger partial charge in [-0.05, 0) is 30.2 Å². The molecule has 5 nitrogen and oxygen atoms in total. The Morgan fingerprint density at radius 3 is 2.57 bits per heavy atom. The molecule has 0 saturated heterocycles. The fourth-order valence-electron chi connectivity index (χ4n) is 1.88. The van der Waals surface area contributed by atoms with E-state index in [4.69, 9.17) is 10.8 Å². The van der Waals surface area contributed by atoms with Crippen molar-refractivity contribution in [1.29, 1.82) is 0 Å². The first-order valence-electron chi connectivity index (χ1n) is 6.14. The monoisotopic (exact) mass is 293 g/mol. The van der Waals surface area contributed by atoms with Crippen molar-refractivity contribution in [2.24, 2.45) is 0 Å². The topological polar surface area (TPSA) is 88.2 Å². The maximum absolute atomic E-state index is 13.0. The highest BCUT2D eigenvalue weighted by Gasteiger charge is 2.11. The lowest BCUT2D eigenvalue weighted by atomic mass is 10.1. The molecule has 0 saturated carbocycles. The third kappa shape index (κ3) is 3.65. The van der Waals surface area contributed by atoms with Crippen LogP contribution in [-0.2, 0) is 6.42 Å². The molecule has 110 valence electrons. The zero-order valence-electron chi connectivity index (χ0n) is 10.9. The number of carbonyl (C=O) groups is 1. The van der Waals surface area contributed by atoms with Crippen molar-refractivity contribution < 1.29 is 18.7 Å². The number of nitrogen functional groups attached to an aromatic ring is 1. The van der Waals surface area contributed by atoms with E-state index in [9.17, 15) is 13.6 Å². The first-order valence-corrected chi connectivity index (χ1v) is 6.14. The molecule has 0 bridgehead atoms. The summed E-state index contributed by atoms with van der Waals surface area (Å²) in [6.45, 7) is 0.309. The molecule has 0 aliphatic heterocycles. The summed E-state index contributed by atoms with van der Waals surface area (Å²) in [6.07, 6.45) is 1.66. The van der Waals surface area contributed by atoms with Crippen molar-refractivity contribution in [2.45, 2.75) is 6.42 Å². The summed E-state index contributed by atoms with van der Waals surface area (Å²) in [6, 6.07) is 4.56. The van der Waals surface area contributed by atoms with E-state index in [1.54, 1.807) is 0 Å². The molecule has 0 spiro atoms. The summed E-state index contributed by atoms with van der Waals surface area (Å²) in [5, 5.41) is 11.8. The number of carboxylic acids is 1. The fraction of sp³-hybridized carbons (Fsp3) is 0.143. The second kappa shape index (κ2) is 6.17. The van der Waals surface area contributed by atoms with E-state index in [1.807, 2.05) is 0 Å². The van der Waals surface area contributed by atoms with E-state index in [0.717, 1.165) is 6.07 Å². The Morgan fingerprint density at radius 2 is 1.95 bits per heavy atom. The van der Waals surface area contributed by atoms with Gasteiger partial charge >= 0.3 is 5.97 Å². The second-order valence-electron chi connectivity index (χ2n) is 4.38. The standard InChI is InChI=1S/C14H13F2N3O2/c15-9-5-8(6-10(16)7-9)1-3-18-13-12(17)11(14(20)21)2-4-19-13/h2,4-7H,1,3,17H2,(H,18,19)(H,20,21). The largest absolute Gasteiger partial charge is 0.478 e. The predicted molar refractivity (Wildman–Crippen MR) is 74.2 cm³/mol. The Balaban J connectivity index is 2.04. The SMILES string of the molecule is Nc1c(C(=O)O)ccnc1NCCc1cc(F)cc(F)c1. The highest BCUT2D eigenvalue weighted by Crippen LogP contribution is 2.19. The summed E-state index contributed by atoms with van der Waals surface area (Å²) in [5.41, 5.74) is 6.14. The lowest BCUT2D eigenvalue weighted by molar-refractivity contribution is 0.0698. The Labute approximate surface area is 119 Å². The zero-order chi connectivity index (χ0) is 15.4. The number of halogens is 2. The van der Waals surface area contributed by atoms with Crippen molar-refractivity contribution >= 4 is 17.5 Å². The van der Waals surface area contributed by atoms with E-state index in [1.165, 1.54) is 24.4 Å². The number of aromatic carboxylic acids is 1. The molecule has 0 unspecified atom stereocenters. The summed E-state index contributed by atoms with van der Waals surface area (Å²) < 4.78 is 26.1. The van der Waals surface area contributed by atoms with Gasteiger partial charge in [-0.15, -0.1) is 0 Å². The Kier molecular flexibility index (Phi) is 4.32. The second-order valence-corrected chi connectivity index (χ2v) is 4.38.